The number of hydrogen-bond acceptors (Lipinski definition) is 4. The van der Waals surface area contributed by atoms with E-state index in [9.17, 15) is 14.9 Å². The van der Waals surface area contributed by atoms with Gasteiger partial charge in [-0.05, 0) is 45.4 Å². The first-order chi connectivity index (χ1) is 12.9. The summed E-state index contributed by atoms with van der Waals surface area (Å²) in [4.78, 5) is 26.7. The lowest BCUT2D eigenvalue weighted by molar-refractivity contribution is -0.138. The Balaban J connectivity index is 2.24. The van der Waals surface area contributed by atoms with Crippen molar-refractivity contribution >= 4 is 11.9 Å². The highest BCUT2D eigenvalue weighted by Crippen LogP contribution is 2.27. The van der Waals surface area contributed by atoms with E-state index in [0.29, 0.717) is 22.3 Å². The highest BCUT2D eigenvalue weighted by atomic mass is 16.5. The van der Waals surface area contributed by atoms with Gasteiger partial charge in [-0.1, -0.05) is 36.4 Å². The second kappa shape index (κ2) is 9.00. The number of carbonyl (C=O) groups excluding carboxylic acids is 2. The molecule has 2 aromatic rings. The molecule has 5 nitrogen and oxygen atoms in total. The first-order valence-electron chi connectivity index (χ1n) is 8.93. The summed E-state index contributed by atoms with van der Waals surface area (Å²) < 4.78 is 5.29. The van der Waals surface area contributed by atoms with E-state index in [1.807, 2.05) is 33.8 Å². The van der Waals surface area contributed by atoms with Crippen LogP contribution in [0.5, 0.6) is 0 Å². The molecule has 2 aromatic carbocycles. The van der Waals surface area contributed by atoms with Gasteiger partial charge in [-0.2, -0.15) is 5.26 Å². The van der Waals surface area contributed by atoms with Crippen molar-refractivity contribution in [3.8, 4) is 17.2 Å². The molecule has 2 rings (SSSR count). The Morgan fingerprint density at radius 2 is 1.52 bits per heavy atom. The first kappa shape index (κ1) is 20.2. The number of amides is 1. The Hall–Kier alpha value is -3.13. The minimum Gasteiger partial charge on any atom is -0.452 e. The predicted molar refractivity (Wildman–Crippen MR) is 104 cm³/mol. The second-order valence-electron chi connectivity index (χ2n) is 6.77. The average molecular weight is 364 g/mol. The molecule has 0 spiro atoms. The molecular weight excluding hydrogens is 340 g/mol. The molecule has 0 atom stereocenters. The van der Waals surface area contributed by atoms with E-state index in [1.165, 1.54) is 0 Å². The molecule has 0 saturated carbocycles. The molecule has 5 heteroatoms. The monoisotopic (exact) mass is 364 g/mol. The van der Waals surface area contributed by atoms with E-state index in [-0.39, 0.29) is 24.6 Å². The molecule has 140 valence electrons. The number of hydrogen-bond donors (Lipinski definition) is 0. The van der Waals surface area contributed by atoms with Crippen molar-refractivity contribution in [3.63, 3.8) is 0 Å². The van der Waals surface area contributed by atoms with Crippen LogP contribution in [0.4, 0.5) is 0 Å². The van der Waals surface area contributed by atoms with Gasteiger partial charge in [0.2, 0.25) is 0 Å². The Morgan fingerprint density at radius 1 is 0.963 bits per heavy atom. The van der Waals surface area contributed by atoms with Crippen molar-refractivity contribution in [2.45, 2.75) is 39.8 Å². The first-order valence-corrected chi connectivity index (χ1v) is 8.93. The second-order valence-corrected chi connectivity index (χ2v) is 6.77. The van der Waals surface area contributed by atoms with E-state index in [2.05, 4.69) is 6.07 Å². The van der Waals surface area contributed by atoms with Gasteiger partial charge in [0, 0.05) is 17.6 Å². The zero-order chi connectivity index (χ0) is 20.0. The fraction of sp³-hybridized carbons (Fsp3) is 0.318. The normalized spacial score (nSPS) is 10.6. The molecule has 0 aromatic heterocycles. The molecule has 0 N–H and O–H groups in total. The van der Waals surface area contributed by atoms with E-state index < -0.39 is 5.97 Å². The molecule has 0 unspecified atom stereocenters. The van der Waals surface area contributed by atoms with Crippen LogP contribution in [-0.2, 0) is 9.53 Å². The average Bonchev–Trinajstić information content (AvgIpc) is 2.65. The fourth-order valence-electron chi connectivity index (χ4n) is 3.16. The topological polar surface area (TPSA) is 70.4 Å². The Labute approximate surface area is 160 Å². The van der Waals surface area contributed by atoms with Crippen LogP contribution in [0.2, 0.25) is 0 Å². The summed E-state index contributed by atoms with van der Waals surface area (Å²) in [5.74, 6) is -0.817. The molecule has 0 fully saturated rings. The molecule has 1 amide bonds. The molecule has 0 radical (unpaired) electrons. The molecule has 0 aliphatic heterocycles. The van der Waals surface area contributed by atoms with Crippen molar-refractivity contribution in [1.82, 2.24) is 4.90 Å². The van der Waals surface area contributed by atoms with Gasteiger partial charge in [-0.3, -0.25) is 4.79 Å². The Kier molecular flexibility index (Phi) is 6.73. The van der Waals surface area contributed by atoms with Gasteiger partial charge in [-0.25, -0.2) is 4.79 Å². The Bertz CT molecular complexity index is 858. The number of nitrogens with zero attached hydrogens (tertiary/aromatic N) is 2. The maximum absolute atomic E-state index is 12.6. The van der Waals surface area contributed by atoms with Crippen molar-refractivity contribution in [2.24, 2.45) is 0 Å². The lowest BCUT2D eigenvalue weighted by Crippen LogP contribution is -2.44. The van der Waals surface area contributed by atoms with Crippen LogP contribution in [0.25, 0.3) is 11.1 Å². The van der Waals surface area contributed by atoms with Crippen LogP contribution in [0.3, 0.4) is 0 Å². The summed E-state index contributed by atoms with van der Waals surface area (Å²) in [5, 5.41) is 9.33. The highest BCUT2D eigenvalue weighted by Gasteiger charge is 2.22. The maximum Gasteiger partial charge on any atom is 0.339 e. The van der Waals surface area contributed by atoms with E-state index >= 15 is 0 Å². The van der Waals surface area contributed by atoms with Crippen LogP contribution < -0.4 is 0 Å². The van der Waals surface area contributed by atoms with Gasteiger partial charge in [0.1, 0.15) is 0 Å². The smallest absolute Gasteiger partial charge is 0.339 e. The zero-order valence-corrected chi connectivity index (χ0v) is 16.1. The Morgan fingerprint density at radius 3 is 2.11 bits per heavy atom. The number of nitriles is 1. The lowest BCUT2D eigenvalue weighted by Gasteiger charge is -2.30. The van der Waals surface area contributed by atoms with Crippen molar-refractivity contribution in [2.75, 3.05) is 6.61 Å². The van der Waals surface area contributed by atoms with Crippen LogP contribution in [-0.4, -0.2) is 35.5 Å². The van der Waals surface area contributed by atoms with E-state index in [0.717, 1.165) is 0 Å². The number of esters is 1. The van der Waals surface area contributed by atoms with Gasteiger partial charge in [0.25, 0.3) is 5.91 Å². The molecule has 0 saturated heterocycles. The van der Waals surface area contributed by atoms with Gasteiger partial charge in [0.15, 0.2) is 6.61 Å². The molecule has 0 aliphatic rings. The number of benzene rings is 2. The highest BCUT2D eigenvalue weighted by molar-refractivity contribution is 5.99. The van der Waals surface area contributed by atoms with Gasteiger partial charge >= 0.3 is 5.97 Å². The summed E-state index contributed by atoms with van der Waals surface area (Å²) in [7, 11) is 0. The summed E-state index contributed by atoms with van der Waals surface area (Å²) in [6, 6.07) is 16.2. The minimum atomic E-state index is -0.584. The minimum absolute atomic E-state index is 0.0194. The predicted octanol–water partition coefficient (Wildman–Crippen LogP) is 4.03. The van der Waals surface area contributed by atoms with Crippen LogP contribution in [0.15, 0.2) is 48.5 Å². The molecular formula is C22H24N2O3. The third-order valence-corrected chi connectivity index (χ3v) is 4.21. The van der Waals surface area contributed by atoms with Crippen molar-refractivity contribution in [3.05, 3.63) is 59.7 Å². The van der Waals surface area contributed by atoms with Crippen LogP contribution in [0, 0.1) is 11.3 Å². The fourth-order valence-corrected chi connectivity index (χ4v) is 3.16. The van der Waals surface area contributed by atoms with Gasteiger partial charge in [0.05, 0.1) is 17.2 Å². The third-order valence-electron chi connectivity index (χ3n) is 4.21. The molecule has 27 heavy (non-hydrogen) atoms. The summed E-state index contributed by atoms with van der Waals surface area (Å²) >= 11 is 0. The lowest BCUT2D eigenvalue weighted by atomic mass is 9.96. The summed E-state index contributed by atoms with van der Waals surface area (Å²) in [6.45, 7) is 7.38. The largest absolute Gasteiger partial charge is 0.452 e. The maximum atomic E-state index is 12.6. The quantitative estimate of drug-likeness (QED) is 0.726. The molecule has 0 aliphatic carbocycles. The van der Waals surface area contributed by atoms with Gasteiger partial charge in [-0.15, -0.1) is 0 Å². The van der Waals surface area contributed by atoms with Crippen LogP contribution >= 0.6 is 0 Å². The summed E-state index contributed by atoms with van der Waals surface area (Å²) in [6.07, 6.45) is 0. The summed E-state index contributed by atoms with van der Waals surface area (Å²) in [5.41, 5.74) is 2.06. The zero-order valence-electron chi connectivity index (χ0n) is 16.1. The van der Waals surface area contributed by atoms with Crippen molar-refractivity contribution in [1.29, 1.82) is 5.26 Å². The van der Waals surface area contributed by atoms with E-state index in [1.54, 1.807) is 47.4 Å². The van der Waals surface area contributed by atoms with Crippen LogP contribution in [0.1, 0.15) is 43.6 Å². The number of ether oxygens (including phenoxy) is 1. The van der Waals surface area contributed by atoms with Gasteiger partial charge < -0.3 is 9.64 Å². The number of carbonyl (C=O) groups is 2. The van der Waals surface area contributed by atoms with E-state index in [4.69, 9.17) is 4.74 Å². The third kappa shape index (κ3) is 4.73. The SMILES string of the molecule is CC(C)N(C(=O)COC(=O)c1ccccc1-c1ccccc1C#N)C(C)C. The standard InChI is InChI=1S/C22H24N2O3/c1-15(2)24(16(3)4)21(25)14-27-22(26)20-12-8-7-11-19(20)18-10-6-5-9-17(18)13-23/h5-12,15-16H,14H2,1-4H3. The number of rotatable bonds is 6. The molecule has 0 bridgehead atoms. The molecule has 0 heterocycles. The van der Waals surface area contributed by atoms with Crippen molar-refractivity contribution < 1.29 is 14.3 Å².